The van der Waals surface area contributed by atoms with Crippen molar-refractivity contribution >= 4 is 0 Å². The van der Waals surface area contributed by atoms with E-state index in [4.69, 9.17) is 5.73 Å². The van der Waals surface area contributed by atoms with Crippen LogP contribution in [-0.4, -0.2) is 14.8 Å². The summed E-state index contributed by atoms with van der Waals surface area (Å²) in [6.07, 6.45) is 4.60. The summed E-state index contributed by atoms with van der Waals surface area (Å²) in [5.41, 5.74) is 6.06. The van der Waals surface area contributed by atoms with Crippen LogP contribution in [0, 0.1) is 6.92 Å². The third-order valence-corrected chi connectivity index (χ3v) is 2.74. The Morgan fingerprint density at radius 3 is 2.79 bits per heavy atom. The summed E-state index contributed by atoms with van der Waals surface area (Å²) >= 11 is 0. The van der Waals surface area contributed by atoms with Crippen LogP contribution in [0.5, 0.6) is 0 Å². The summed E-state index contributed by atoms with van der Waals surface area (Å²) in [5, 5.41) is 8.30. The highest BCUT2D eigenvalue weighted by atomic mass is 15.3. The number of rotatable bonds is 4. The minimum absolute atomic E-state index is 0.0572. The number of nitrogens with two attached hydrogens (primary N) is 1. The van der Waals surface area contributed by atoms with Gasteiger partial charge in [0, 0.05) is 6.04 Å². The van der Waals surface area contributed by atoms with Crippen LogP contribution in [0.4, 0.5) is 0 Å². The SMILES string of the molecule is CCCC(N)c1nnc(C)n1C1CC1. The second-order valence-corrected chi connectivity index (χ2v) is 4.10. The molecule has 0 aliphatic heterocycles. The highest BCUT2D eigenvalue weighted by Crippen LogP contribution is 2.37. The summed E-state index contributed by atoms with van der Waals surface area (Å²) in [7, 11) is 0. The number of nitrogens with zero attached hydrogens (tertiary/aromatic N) is 3. The van der Waals surface area contributed by atoms with Crippen molar-refractivity contribution in [3.8, 4) is 0 Å². The van der Waals surface area contributed by atoms with Gasteiger partial charge in [-0.15, -0.1) is 10.2 Å². The van der Waals surface area contributed by atoms with Gasteiger partial charge in [-0.05, 0) is 26.2 Å². The van der Waals surface area contributed by atoms with Crippen LogP contribution in [0.2, 0.25) is 0 Å². The van der Waals surface area contributed by atoms with E-state index >= 15 is 0 Å². The molecule has 1 aromatic rings. The van der Waals surface area contributed by atoms with Gasteiger partial charge in [-0.3, -0.25) is 0 Å². The van der Waals surface area contributed by atoms with Crippen LogP contribution >= 0.6 is 0 Å². The molecule has 2 rings (SSSR count). The maximum Gasteiger partial charge on any atom is 0.150 e. The standard InChI is InChI=1S/C10H18N4/c1-3-4-9(11)10-13-12-7(2)14(10)8-5-6-8/h8-9H,3-6,11H2,1-2H3. The molecule has 0 spiro atoms. The van der Waals surface area contributed by atoms with E-state index in [0.29, 0.717) is 6.04 Å². The van der Waals surface area contributed by atoms with E-state index < -0.39 is 0 Å². The van der Waals surface area contributed by atoms with Gasteiger partial charge in [0.05, 0.1) is 6.04 Å². The molecule has 1 atom stereocenters. The summed E-state index contributed by atoms with van der Waals surface area (Å²) < 4.78 is 2.22. The Bertz CT molecular complexity index is 314. The monoisotopic (exact) mass is 194 g/mol. The first-order chi connectivity index (χ1) is 6.74. The zero-order chi connectivity index (χ0) is 10.1. The minimum atomic E-state index is 0.0572. The van der Waals surface area contributed by atoms with E-state index in [2.05, 4.69) is 21.7 Å². The quantitative estimate of drug-likeness (QED) is 0.794. The van der Waals surface area contributed by atoms with Crippen molar-refractivity contribution in [3.63, 3.8) is 0 Å². The highest BCUT2D eigenvalue weighted by molar-refractivity contribution is 5.04. The summed E-state index contributed by atoms with van der Waals surface area (Å²) in [4.78, 5) is 0. The fourth-order valence-corrected chi connectivity index (χ4v) is 1.86. The molecule has 1 aliphatic rings. The number of hydrogen-bond acceptors (Lipinski definition) is 3. The lowest BCUT2D eigenvalue weighted by Gasteiger charge is -2.12. The van der Waals surface area contributed by atoms with Crippen molar-refractivity contribution in [2.75, 3.05) is 0 Å². The molecule has 1 heterocycles. The molecule has 4 heteroatoms. The topological polar surface area (TPSA) is 56.7 Å². The van der Waals surface area contributed by atoms with Crippen LogP contribution in [0.3, 0.4) is 0 Å². The molecule has 4 nitrogen and oxygen atoms in total. The maximum absolute atomic E-state index is 6.06. The van der Waals surface area contributed by atoms with Gasteiger partial charge in [0.15, 0.2) is 0 Å². The average Bonchev–Trinajstić information content (AvgIpc) is 2.90. The van der Waals surface area contributed by atoms with Crippen molar-refractivity contribution in [1.82, 2.24) is 14.8 Å². The van der Waals surface area contributed by atoms with Crippen molar-refractivity contribution in [1.29, 1.82) is 0 Å². The van der Waals surface area contributed by atoms with Gasteiger partial charge in [0.25, 0.3) is 0 Å². The predicted molar refractivity (Wildman–Crippen MR) is 54.9 cm³/mol. The molecule has 78 valence electrons. The van der Waals surface area contributed by atoms with Gasteiger partial charge in [-0.25, -0.2) is 0 Å². The van der Waals surface area contributed by atoms with Crippen LogP contribution in [0.25, 0.3) is 0 Å². The second-order valence-electron chi connectivity index (χ2n) is 4.10. The lowest BCUT2D eigenvalue weighted by molar-refractivity contribution is 0.549. The van der Waals surface area contributed by atoms with Gasteiger partial charge in [0.1, 0.15) is 11.6 Å². The predicted octanol–water partition coefficient (Wildman–Crippen LogP) is 1.72. The van der Waals surface area contributed by atoms with E-state index in [-0.39, 0.29) is 6.04 Å². The molecule has 0 saturated heterocycles. The van der Waals surface area contributed by atoms with Crippen LogP contribution in [0.15, 0.2) is 0 Å². The van der Waals surface area contributed by atoms with E-state index in [1.54, 1.807) is 0 Å². The Labute approximate surface area is 84.5 Å². The van der Waals surface area contributed by atoms with E-state index in [9.17, 15) is 0 Å². The average molecular weight is 194 g/mol. The lowest BCUT2D eigenvalue weighted by atomic mass is 10.1. The first kappa shape index (κ1) is 9.65. The maximum atomic E-state index is 6.06. The van der Waals surface area contributed by atoms with E-state index in [1.807, 2.05) is 6.92 Å². The Kier molecular flexibility index (Phi) is 2.54. The Morgan fingerprint density at radius 1 is 1.50 bits per heavy atom. The molecule has 0 aromatic carbocycles. The molecule has 1 unspecified atom stereocenters. The van der Waals surface area contributed by atoms with Crippen LogP contribution in [-0.2, 0) is 0 Å². The normalized spacial score (nSPS) is 18.5. The molecule has 0 radical (unpaired) electrons. The fourth-order valence-electron chi connectivity index (χ4n) is 1.86. The molecule has 1 aliphatic carbocycles. The molecule has 1 saturated carbocycles. The molecule has 0 amide bonds. The fraction of sp³-hybridized carbons (Fsp3) is 0.800. The molecule has 1 aromatic heterocycles. The smallest absolute Gasteiger partial charge is 0.150 e. The van der Waals surface area contributed by atoms with Crippen molar-refractivity contribution < 1.29 is 0 Å². The second kappa shape index (κ2) is 3.69. The van der Waals surface area contributed by atoms with Crippen molar-refractivity contribution in [2.45, 2.75) is 51.6 Å². The number of aryl methyl sites for hydroxylation is 1. The van der Waals surface area contributed by atoms with E-state index in [1.165, 1.54) is 12.8 Å². The zero-order valence-corrected chi connectivity index (χ0v) is 8.90. The highest BCUT2D eigenvalue weighted by Gasteiger charge is 2.29. The molecular formula is C10H18N4. The first-order valence-electron chi connectivity index (χ1n) is 5.41. The van der Waals surface area contributed by atoms with Gasteiger partial charge in [-0.2, -0.15) is 0 Å². The summed E-state index contributed by atoms with van der Waals surface area (Å²) in [6, 6.07) is 0.685. The van der Waals surface area contributed by atoms with Crippen molar-refractivity contribution in [2.24, 2.45) is 5.73 Å². The van der Waals surface area contributed by atoms with Gasteiger partial charge < -0.3 is 10.3 Å². The van der Waals surface area contributed by atoms with Gasteiger partial charge in [0.2, 0.25) is 0 Å². The third kappa shape index (κ3) is 1.66. The molecular weight excluding hydrogens is 176 g/mol. The molecule has 14 heavy (non-hydrogen) atoms. The number of aromatic nitrogens is 3. The van der Waals surface area contributed by atoms with Crippen molar-refractivity contribution in [3.05, 3.63) is 11.6 Å². The van der Waals surface area contributed by atoms with Gasteiger partial charge >= 0.3 is 0 Å². The summed E-state index contributed by atoms with van der Waals surface area (Å²) in [5.74, 6) is 1.99. The molecule has 0 bridgehead atoms. The Hall–Kier alpha value is -0.900. The zero-order valence-electron chi connectivity index (χ0n) is 8.90. The van der Waals surface area contributed by atoms with E-state index in [0.717, 1.165) is 24.5 Å². The lowest BCUT2D eigenvalue weighted by Crippen LogP contribution is -2.16. The molecule has 2 N–H and O–H groups in total. The van der Waals surface area contributed by atoms with Crippen LogP contribution < -0.4 is 5.73 Å². The Morgan fingerprint density at radius 2 is 2.21 bits per heavy atom. The number of hydrogen-bond donors (Lipinski definition) is 1. The molecule has 1 fully saturated rings. The first-order valence-corrected chi connectivity index (χ1v) is 5.41. The third-order valence-electron chi connectivity index (χ3n) is 2.74. The minimum Gasteiger partial charge on any atom is -0.321 e. The Balaban J connectivity index is 2.23. The van der Waals surface area contributed by atoms with Crippen LogP contribution in [0.1, 0.15) is 56.3 Å². The largest absolute Gasteiger partial charge is 0.321 e. The summed E-state index contributed by atoms with van der Waals surface area (Å²) in [6.45, 7) is 4.15. The van der Waals surface area contributed by atoms with Gasteiger partial charge in [-0.1, -0.05) is 13.3 Å².